The van der Waals surface area contributed by atoms with Crippen molar-refractivity contribution < 1.29 is 14.2 Å². The summed E-state index contributed by atoms with van der Waals surface area (Å²) in [6, 6.07) is 11.6. The van der Waals surface area contributed by atoms with Crippen molar-refractivity contribution in [2.45, 2.75) is 25.9 Å². The molecule has 0 saturated carbocycles. The van der Waals surface area contributed by atoms with Crippen LogP contribution in [0.3, 0.4) is 0 Å². The second kappa shape index (κ2) is 6.59. The maximum Gasteiger partial charge on any atom is 0.123 e. The molecule has 4 heteroatoms. The molecule has 112 valence electrons. The summed E-state index contributed by atoms with van der Waals surface area (Å²) >= 11 is 0. The van der Waals surface area contributed by atoms with Crippen LogP contribution in [0.15, 0.2) is 42.5 Å². The number of benzene rings is 2. The van der Waals surface area contributed by atoms with E-state index in [1.165, 1.54) is 18.2 Å². The van der Waals surface area contributed by atoms with E-state index in [-0.39, 0.29) is 23.7 Å². The van der Waals surface area contributed by atoms with E-state index in [1.54, 1.807) is 7.11 Å². The van der Waals surface area contributed by atoms with Crippen molar-refractivity contribution >= 4 is 0 Å². The number of nitrogens with one attached hydrogen (secondary N) is 1. The Balaban J connectivity index is 2.10. The van der Waals surface area contributed by atoms with Crippen molar-refractivity contribution in [1.82, 2.24) is 5.32 Å². The lowest BCUT2D eigenvalue weighted by atomic mass is 10.0. The zero-order valence-electron chi connectivity index (χ0n) is 12.4. The molecule has 2 aromatic rings. The summed E-state index contributed by atoms with van der Waals surface area (Å²) in [5, 5.41) is 13.2. The predicted molar refractivity (Wildman–Crippen MR) is 81.0 cm³/mol. The Morgan fingerprint density at radius 1 is 1.05 bits per heavy atom. The van der Waals surface area contributed by atoms with Crippen LogP contribution in [0.4, 0.5) is 4.39 Å². The molecule has 0 radical (unpaired) electrons. The molecule has 2 rings (SSSR count). The Hall–Kier alpha value is -2.07. The number of aromatic hydroxyl groups is 1. The molecule has 0 fully saturated rings. The molecule has 0 bridgehead atoms. The van der Waals surface area contributed by atoms with Gasteiger partial charge in [-0.2, -0.15) is 0 Å². The summed E-state index contributed by atoms with van der Waals surface area (Å²) in [5.74, 6) is 0.550. The van der Waals surface area contributed by atoms with Crippen LogP contribution in [-0.2, 0) is 0 Å². The average Bonchev–Trinajstić information content (AvgIpc) is 2.49. The van der Waals surface area contributed by atoms with Gasteiger partial charge in [-0.15, -0.1) is 0 Å². The highest BCUT2D eigenvalue weighted by atomic mass is 19.1. The maximum atomic E-state index is 13.3. The highest BCUT2D eigenvalue weighted by molar-refractivity contribution is 5.35. The van der Waals surface area contributed by atoms with Crippen molar-refractivity contribution in [3.05, 3.63) is 59.4 Å². The first kappa shape index (κ1) is 15.3. The smallest absolute Gasteiger partial charge is 0.123 e. The Morgan fingerprint density at radius 3 is 2.33 bits per heavy atom. The zero-order chi connectivity index (χ0) is 15.4. The van der Waals surface area contributed by atoms with Gasteiger partial charge in [-0.3, -0.25) is 0 Å². The lowest BCUT2D eigenvalue weighted by molar-refractivity contribution is 0.413. The highest BCUT2D eigenvalue weighted by Gasteiger charge is 2.15. The van der Waals surface area contributed by atoms with Gasteiger partial charge in [0.05, 0.1) is 7.11 Å². The van der Waals surface area contributed by atoms with E-state index >= 15 is 0 Å². The highest BCUT2D eigenvalue weighted by Crippen LogP contribution is 2.27. The second-order valence-electron chi connectivity index (χ2n) is 5.09. The molecule has 2 aromatic carbocycles. The molecule has 0 aliphatic rings. The summed E-state index contributed by atoms with van der Waals surface area (Å²) in [6.45, 7) is 3.92. The van der Waals surface area contributed by atoms with Crippen molar-refractivity contribution in [2.75, 3.05) is 7.11 Å². The first-order valence-electron chi connectivity index (χ1n) is 6.89. The normalized spacial score (nSPS) is 13.7. The fraction of sp³-hybridized carbons (Fsp3) is 0.294. The van der Waals surface area contributed by atoms with Gasteiger partial charge in [0.25, 0.3) is 0 Å². The molecule has 3 nitrogen and oxygen atoms in total. The zero-order valence-corrected chi connectivity index (χ0v) is 12.4. The second-order valence-corrected chi connectivity index (χ2v) is 5.09. The molecule has 0 heterocycles. The van der Waals surface area contributed by atoms with Gasteiger partial charge in [-0.1, -0.05) is 12.1 Å². The average molecular weight is 289 g/mol. The molecule has 0 saturated heterocycles. The number of hydrogen-bond donors (Lipinski definition) is 2. The van der Waals surface area contributed by atoms with Crippen LogP contribution in [0.2, 0.25) is 0 Å². The van der Waals surface area contributed by atoms with Crippen LogP contribution in [-0.4, -0.2) is 12.2 Å². The number of rotatable bonds is 5. The molecule has 21 heavy (non-hydrogen) atoms. The summed E-state index contributed by atoms with van der Waals surface area (Å²) in [7, 11) is 1.63. The van der Waals surface area contributed by atoms with Crippen LogP contribution >= 0.6 is 0 Å². The van der Waals surface area contributed by atoms with Gasteiger partial charge in [0.15, 0.2) is 0 Å². The minimum Gasteiger partial charge on any atom is -0.508 e. The summed E-state index contributed by atoms with van der Waals surface area (Å²) < 4.78 is 18.4. The lowest BCUT2D eigenvalue weighted by Gasteiger charge is -2.21. The number of phenols is 1. The fourth-order valence-corrected chi connectivity index (χ4v) is 2.33. The van der Waals surface area contributed by atoms with E-state index < -0.39 is 0 Å². The Labute approximate surface area is 124 Å². The van der Waals surface area contributed by atoms with E-state index in [0.717, 1.165) is 11.3 Å². The number of halogens is 1. The molecule has 2 N–H and O–H groups in total. The minimum atomic E-state index is -0.353. The Morgan fingerprint density at radius 2 is 1.71 bits per heavy atom. The van der Waals surface area contributed by atoms with Gasteiger partial charge in [0, 0.05) is 17.6 Å². The molecule has 2 unspecified atom stereocenters. The predicted octanol–water partition coefficient (Wildman–Crippen LogP) is 3.95. The van der Waals surface area contributed by atoms with Gasteiger partial charge in [-0.05, 0) is 49.7 Å². The SMILES string of the molecule is COc1ccc(C(C)NC(C)c2cc(F)ccc2O)cc1. The van der Waals surface area contributed by atoms with Gasteiger partial charge in [0.1, 0.15) is 17.3 Å². The maximum absolute atomic E-state index is 13.3. The van der Waals surface area contributed by atoms with Crippen molar-refractivity contribution in [2.24, 2.45) is 0 Å². The van der Waals surface area contributed by atoms with Crippen LogP contribution in [0.25, 0.3) is 0 Å². The summed E-state index contributed by atoms with van der Waals surface area (Å²) in [4.78, 5) is 0. The first-order chi connectivity index (χ1) is 10.0. The van der Waals surface area contributed by atoms with Crippen LogP contribution in [0, 0.1) is 5.82 Å². The van der Waals surface area contributed by atoms with Crippen molar-refractivity contribution in [3.8, 4) is 11.5 Å². The third-order valence-corrected chi connectivity index (χ3v) is 3.57. The fourth-order valence-electron chi connectivity index (χ4n) is 2.33. The topological polar surface area (TPSA) is 41.5 Å². The molecule has 0 spiro atoms. The van der Waals surface area contributed by atoms with Gasteiger partial charge >= 0.3 is 0 Å². The standard InChI is InChI=1S/C17H20FNO2/c1-11(13-4-7-15(21-3)8-5-13)19-12(2)16-10-14(18)6-9-17(16)20/h4-12,19-20H,1-3H3. The van der Waals surface area contributed by atoms with E-state index in [2.05, 4.69) is 5.32 Å². The monoisotopic (exact) mass is 289 g/mol. The summed E-state index contributed by atoms with van der Waals surface area (Å²) in [6.07, 6.45) is 0. The Bertz CT molecular complexity index is 598. The molecule has 0 aliphatic heterocycles. The van der Waals surface area contributed by atoms with E-state index in [1.807, 2.05) is 38.1 Å². The van der Waals surface area contributed by atoms with Gasteiger partial charge in [-0.25, -0.2) is 4.39 Å². The largest absolute Gasteiger partial charge is 0.508 e. The molecule has 0 aromatic heterocycles. The third kappa shape index (κ3) is 3.73. The van der Waals surface area contributed by atoms with Crippen molar-refractivity contribution in [3.63, 3.8) is 0 Å². The molecular formula is C17H20FNO2. The van der Waals surface area contributed by atoms with Crippen LogP contribution in [0.5, 0.6) is 11.5 Å². The quantitative estimate of drug-likeness (QED) is 0.875. The first-order valence-corrected chi connectivity index (χ1v) is 6.89. The molecule has 2 atom stereocenters. The van der Waals surface area contributed by atoms with Gasteiger partial charge < -0.3 is 15.2 Å². The summed E-state index contributed by atoms with van der Waals surface area (Å²) in [5.41, 5.74) is 1.65. The molecule has 0 aliphatic carbocycles. The lowest BCUT2D eigenvalue weighted by Crippen LogP contribution is -2.22. The van der Waals surface area contributed by atoms with E-state index in [9.17, 15) is 9.50 Å². The number of methoxy groups -OCH3 is 1. The Kier molecular flexibility index (Phi) is 4.81. The third-order valence-electron chi connectivity index (χ3n) is 3.57. The van der Waals surface area contributed by atoms with E-state index in [0.29, 0.717) is 5.56 Å². The van der Waals surface area contributed by atoms with Crippen LogP contribution in [0.1, 0.15) is 37.1 Å². The minimum absolute atomic E-state index is 0.0635. The molecular weight excluding hydrogens is 269 g/mol. The van der Waals surface area contributed by atoms with E-state index in [4.69, 9.17) is 4.74 Å². The number of hydrogen-bond acceptors (Lipinski definition) is 3. The number of ether oxygens (including phenoxy) is 1. The van der Waals surface area contributed by atoms with Crippen molar-refractivity contribution in [1.29, 1.82) is 0 Å². The molecule has 0 amide bonds. The number of phenolic OH excluding ortho intramolecular Hbond substituents is 1. The van der Waals surface area contributed by atoms with Gasteiger partial charge in [0.2, 0.25) is 0 Å². The van der Waals surface area contributed by atoms with Crippen LogP contribution < -0.4 is 10.1 Å².